The van der Waals surface area contributed by atoms with E-state index in [9.17, 15) is 0 Å². The number of hydrogen-bond donors (Lipinski definition) is 2. The molecule has 1 heterocycles. The number of fused-ring (bicyclic) bond motifs is 1. The van der Waals surface area contributed by atoms with Crippen molar-refractivity contribution in [3.8, 4) is 0 Å². The fourth-order valence-corrected chi connectivity index (χ4v) is 2.83. The van der Waals surface area contributed by atoms with Gasteiger partial charge in [-0.05, 0) is 31.4 Å². The summed E-state index contributed by atoms with van der Waals surface area (Å²) in [5, 5.41) is 5.45. The number of thioether (sulfide) groups is 1. The first-order valence-electron chi connectivity index (χ1n) is 6.19. The average Bonchev–Trinajstić information content (AvgIpc) is 2.71. The lowest BCUT2D eigenvalue weighted by Gasteiger charge is -2.12. The van der Waals surface area contributed by atoms with Crippen molar-refractivity contribution in [3.63, 3.8) is 0 Å². The van der Waals surface area contributed by atoms with Crippen molar-refractivity contribution in [3.05, 3.63) is 35.0 Å². The van der Waals surface area contributed by atoms with Crippen LogP contribution in [-0.4, -0.2) is 23.0 Å². The molecule has 98 valence electrons. The Bertz CT molecular complexity index is 509. The van der Waals surface area contributed by atoms with Crippen LogP contribution in [0.3, 0.4) is 0 Å². The molecule has 0 spiro atoms. The molecule has 1 aromatic carbocycles. The van der Waals surface area contributed by atoms with E-state index in [1.807, 2.05) is 23.9 Å². The fourth-order valence-electron chi connectivity index (χ4n) is 1.96. The van der Waals surface area contributed by atoms with Crippen molar-refractivity contribution < 1.29 is 0 Å². The van der Waals surface area contributed by atoms with Crippen LogP contribution in [0.4, 0.5) is 0 Å². The zero-order valence-electron chi connectivity index (χ0n) is 10.8. The highest BCUT2D eigenvalue weighted by Crippen LogP contribution is 2.27. The summed E-state index contributed by atoms with van der Waals surface area (Å²) in [6.45, 7) is 3.01. The maximum Gasteiger partial charge on any atom is 0.0705 e. The normalized spacial score (nSPS) is 13.1. The van der Waals surface area contributed by atoms with Crippen LogP contribution in [0.15, 0.2) is 24.3 Å². The summed E-state index contributed by atoms with van der Waals surface area (Å²) in [6, 6.07) is 8.66. The molecule has 0 aliphatic carbocycles. The first kappa shape index (κ1) is 13.8. The van der Waals surface area contributed by atoms with Crippen molar-refractivity contribution >= 4 is 34.3 Å². The van der Waals surface area contributed by atoms with Crippen molar-refractivity contribution in [1.29, 1.82) is 0 Å². The van der Waals surface area contributed by atoms with Gasteiger partial charge in [0.05, 0.1) is 5.02 Å². The highest BCUT2D eigenvalue weighted by molar-refractivity contribution is 7.98. The molecule has 0 amide bonds. The molecule has 2 rings (SSSR count). The summed E-state index contributed by atoms with van der Waals surface area (Å²) in [5.41, 5.74) is 2.19. The molecule has 0 saturated heterocycles. The number of H-pyrrole nitrogens is 1. The van der Waals surface area contributed by atoms with Gasteiger partial charge in [0.1, 0.15) is 0 Å². The molecule has 0 radical (unpaired) electrons. The van der Waals surface area contributed by atoms with E-state index < -0.39 is 0 Å². The summed E-state index contributed by atoms with van der Waals surface area (Å²) < 4.78 is 0. The predicted molar refractivity (Wildman–Crippen MR) is 82.6 cm³/mol. The number of nitrogens with one attached hydrogen (secondary N) is 2. The van der Waals surface area contributed by atoms with Crippen LogP contribution in [-0.2, 0) is 6.54 Å². The molecule has 18 heavy (non-hydrogen) atoms. The van der Waals surface area contributed by atoms with Crippen molar-refractivity contribution in [2.75, 3.05) is 12.0 Å². The molecular formula is C14H19ClN2S. The largest absolute Gasteiger partial charge is 0.356 e. The van der Waals surface area contributed by atoms with Gasteiger partial charge in [-0.25, -0.2) is 0 Å². The van der Waals surface area contributed by atoms with Crippen LogP contribution in [0.5, 0.6) is 0 Å². The summed E-state index contributed by atoms with van der Waals surface area (Å²) in [7, 11) is 0. The monoisotopic (exact) mass is 282 g/mol. The lowest BCUT2D eigenvalue weighted by atomic mass is 10.2. The molecule has 1 unspecified atom stereocenters. The number of hydrogen-bond acceptors (Lipinski definition) is 2. The molecule has 2 aromatic rings. The number of aromatic amines is 1. The molecule has 1 atom stereocenters. The Kier molecular flexibility index (Phi) is 4.98. The maximum atomic E-state index is 6.37. The van der Waals surface area contributed by atoms with Crippen LogP contribution < -0.4 is 5.32 Å². The average molecular weight is 283 g/mol. The van der Waals surface area contributed by atoms with Crippen molar-refractivity contribution in [1.82, 2.24) is 10.3 Å². The van der Waals surface area contributed by atoms with Crippen molar-refractivity contribution in [2.24, 2.45) is 0 Å². The summed E-state index contributed by atoms with van der Waals surface area (Å²) in [6.07, 6.45) is 3.32. The Morgan fingerprint density at radius 3 is 2.89 bits per heavy atom. The second-order valence-corrected chi connectivity index (χ2v) is 5.89. The van der Waals surface area contributed by atoms with E-state index in [1.165, 1.54) is 12.2 Å². The van der Waals surface area contributed by atoms with E-state index in [-0.39, 0.29) is 0 Å². The minimum absolute atomic E-state index is 0.514. The van der Waals surface area contributed by atoms with Crippen LogP contribution in [0.2, 0.25) is 5.02 Å². The topological polar surface area (TPSA) is 27.8 Å². The molecule has 1 aromatic heterocycles. The molecule has 0 fully saturated rings. The van der Waals surface area contributed by atoms with Gasteiger partial charge >= 0.3 is 0 Å². The smallest absolute Gasteiger partial charge is 0.0705 e. The first-order chi connectivity index (χ1) is 8.72. The molecule has 0 aliphatic heterocycles. The van der Waals surface area contributed by atoms with Gasteiger partial charge in [0, 0.05) is 29.2 Å². The van der Waals surface area contributed by atoms with Crippen LogP contribution >= 0.6 is 23.4 Å². The molecule has 2 nitrogen and oxygen atoms in total. The van der Waals surface area contributed by atoms with Crippen molar-refractivity contribution in [2.45, 2.75) is 25.9 Å². The summed E-state index contributed by atoms with van der Waals surface area (Å²) in [5.74, 6) is 1.19. The van der Waals surface area contributed by atoms with Gasteiger partial charge in [0.25, 0.3) is 0 Å². The lowest BCUT2D eigenvalue weighted by Crippen LogP contribution is -2.26. The number of halogens is 1. The third-order valence-corrected chi connectivity index (χ3v) is 4.17. The molecule has 0 saturated carbocycles. The van der Waals surface area contributed by atoms with Crippen LogP contribution in [0, 0.1) is 0 Å². The van der Waals surface area contributed by atoms with Gasteiger partial charge in [0.15, 0.2) is 0 Å². The minimum Gasteiger partial charge on any atom is -0.356 e. The molecule has 0 bridgehead atoms. The van der Waals surface area contributed by atoms with Crippen LogP contribution in [0.1, 0.15) is 19.0 Å². The van der Waals surface area contributed by atoms with Gasteiger partial charge in [-0.2, -0.15) is 11.8 Å². The highest BCUT2D eigenvalue weighted by atomic mass is 35.5. The van der Waals surface area contributed by atoms with E-state index >= 15 is 0 Å². The van der Waals surface area contributed by atoms with E-state index in [1.54, 1.807) is 0 Å². The number of rotatable bonds is 6. The number of para-hydroxylation sites is 1. The Balaban J connectivity index is 2.01. The van der Waals surface area contributed by atoms with Gasteiger partial charge < -0.3 is 10.3 Å². The standard InChI is InChI=1S/C14H19ClN2S/c1-10(7-8-18-2)16-9-13-14(15)11-5-3-4-6-12(11)17-13/h3-6,10,16-17H,7-9H2,1-2H3. The fraction of sp³-hybridized carbons (Fsp3) is 0.429. The Hall–Kier alpha value is -0.640. The zero-order valence-corrected chi connectivity index (χ0v) is 12.4. The first-order valence-corrected chi connectivity index (χ1v) is 7.97. The Morgan fingerprint density at radius 1 is 1.39 bits per heavy atom. The van der Waals surface area contributed by atoms with Gasteiger partial charge in [-0.3, -0.25) is 0 Å². The molecule has 4 heteroatoms. The third kappa shape index (κ3) is 3.22. The minimum atomic E-state index is 0.514. The SMILES string of the molecule is CSCCC(C)NCc1[nH]c2ccccc2c1Cl. The van der Waals surface area contributed by atoms with Gasteiger partial charge in [-0.15, -0.1) is 0 Å². The second kappa shape index (κ2) is 6.50. The van der Waals surface area contributed by atoms with Gasteiger partial charge in [0.2, 0.25) is 0 Å². The van der Waals surface area contributed by atoms with E-state index in [0.29, 0.717) is 6.04 Å². The quantitative estimate of drug-likeness (QED) is 0.836. The van der Waals surface area contributed by atoms with Crippen LogP contribution in [0.25, 0.3) is 10.9 Å². The number of aromatic nitrogens is 1. The van der Waals surface area contributed by atoms with E-state index in [4.69, 9.17) is 11.6 Å². The number of benzene rings is 1. The van der Waals surface area contributed by atoms with E-state index in [2.05, 4.69) is 35.6 Å². The lowest BCUT2D eigenvalue weighted by molar-refractivity contribution is 0.534. The summed E-state index contributed by atoms with van der Waals surface area (Å²) in [4.78, 5) is 3.38. The Labute approximate surface area is 117 Å². The Morgan fingerprint density at radius 2 is 2.17 bits per heavy atom. The second-order valence-electron chi connectivity index (χ2n) is 4.53. The maximum absolute atomic E-state index is 6.37. The highest BCUT2D eigenvalue weighted by Gasteiger charge is 2.09. The molecular weight excluding hydrogens is 264 g/mol. The van der Waals surface area contributed by atoms with E-state index in [0.717, 1.165) is 28.2 Å². The van der Waals surface area contributed by atoms with Gasteiger partial charge in [-0.1, -0.05) is 29.8 Å². The third-order valence-electron chi connectivity index (χ3n) is 3.10. The summed E-state index contributed by atoms with van der Waals surface area (Å²) >= 11 is 8.25. The molecule has 0 aliphatic rings. The predicted octanol–water partition coefficient (Wildman–Crippen LogP) is 4.05. The zero-order chi connectivity index (χ0) is 13.0. The molecule has 2 N–H and O–H groups in total.